The van der Waals surface area contributed by atoms with E-state index in [1.807, 2.05) is 27.7 Å². The maximum atomic E-state index is 10.7. The second-order valence-electron chi connectivity index (χ2n) is 5.15. The second kappa shape index (κ2) is 7.90. The average Bonchev–Trinajstić information content (AvgIpc) is 2.20. The van der Waals surface area contributed by atoms with Crippen molar-refractivity contribution in [2.75, 3.05) is 0 Å². The van der Waals surface area contributed by atoms with Gasteiger partial charge in [0.25, 0.3) is 0 Å². The van der Waals surface area contributed by atoms with Gasteiger partial charge >= 0.3 is 11.9 Å². The Morgan fingerprint density at radius 2 is 1.00 bits per heavy atom. The molecule has 4 heteroatoms. The third-order valence-corrected chi connectivity index (χ3v) is 3.02. The van der Waals surface area contributed by atoms with Crippen LogP contribution in [0.1, 0.15) is 53.4 Å². The molecule has 2 N–H and O–H groups in total. The van der Waals surface area contributed by atoms with E-state index in [4.69, 9.17) is 10.2 Å². The molecule has 0 unspecified atom stereocenters. The molecule has 0 fully saturated rings. The lowest BCUT2D eigenvalue weighted by atomic mass is 9.85. The highest BCUT2D eigenvalue weighted by Gasteiger charge is 2.16. The molecule has 18 heavy (non-hydrogen) atoms. The molecule has 0 spiro atoms. The zero-order valence-electron chi connectivity index (χ0n) is 11.7. The molecule has 0 rings (SSSR count). The number of carboxylic acid groups (broad SMARTS) is 2. The monoisotopic (exact) mass is 256 g/mol. The molecule has 0 aromatic carbocycles. The summed E-state index contributed by atoms with van der Waals surface area (Å²) >= 11 is 0. The zero-order valence-corrected chi connectivity index (χ0v) is 11.7. The molecule has 104 valence electrons. The molecule has 0 aliphatic heterocycles. The minimum absolute atomic E-state index is 0.108. The smallest absolute Gasteiger partial charge is 0.303 e. The molecular formula is C14H24O4. The molecule has 4 nitrogen and oxygen atoms in total. The predicted molar refractivity (Wildman–Crippen MR) is 70.4 cm³/mol. The van der Waals surface area contributed by atoms with E-state index in [0.29, 0.717) is 12.8 Å². The zero-order chi connectivity index (χ0) is 14.3. The molecule has 0 radical (unpaired) electrons. The van der Waals surface area contributed by atoms with Crippen LogP contribution >= 0.6 is 0 Å². The molecule has 0 saturated heterocycles. The summed E-state index contributed by atoms with van der Waals surface area (Å²) in [5.41, 5.74) is 2.21. The topological polar surface area (TPSA) is 74.6 Å². The summed E-state index contributed by atoms with van der Waals surface area (Å²) in [7, 11) is 0. The lowest BCUT2D eigenvalue weighted by Crippen LogP contribution is -2.09. The van der Waals surface area contributed by atoms with Gasteiger partial charge in [-0.15, -0.1) is 0 Å². The summed E-state index contributed by atoms with van der Waals surface area (Å²) in [6.45, 7) is 8.11. The molecule has 0 bridgehead atoms. The van der Waals surface area contributed by atoms with Crippen molar-refractivity contribution < 1.29 is 19.8 Å². The van der Waals surface area contributed by atoms with E-state index in [1.54, 1.807) is 0 Å². The van der Waals surface area contributed by atoms with Crippen LogP contribution in [-0.2, 0) is 9.59 Å². The van der Waals surface area contributed by atoms with Crippen molar-refractivity contribution in [2.24, 2.45) is 11.8 Å². The Balaban J connectivity index is 5.03. The summed E-state index contributed by atoms with van der Waals surface area (Å²) in [6, 6.07) is 0. The van der Waals surface area contributed by atoms with Crippen molar-refractivity contribution in [1.29, 1.82) is 0 Å². The van der Waals surface area contributed by atoms with Gasteiger partial charge in [-0.1, -0.05) is 38.8 Å². The van der Waals surface area contributed by atoms with Crippen LogP contribution in [0.2, 0.25) is 0 Å². The quantitative estimate of drug-likeness (QED) is 0.653. The van der Waals surface area contributed by atoms with Crippen LogP contribution in [0.3, 0.4) is 0 Å². The van der Waals surface area contributed by atoms with Crippen LogP contribution in [0.15, 0.2) is 11.1 Å². The van der Waals surface area contributed by atoms with Crippen LogP contribution in [0.25, 0.3) is 0 Å². The van der Waals surface area contributed by atoms with Crippen molar-refractivity contribution in [2.45, 2.75) is 53.4 Å². The van der Waals surface area contributed by atoms with Crippen molar-refractivity contribution in [3.05, 3.63) is 11.1 Å². The number of aliphatic carboxylic acids is 2. The summed E-state index contributed by atoms with van der Waals surface area (Å²) in [5.74, 6) is -1.10. The number of carbonyl (C=O) groups is 2. The lowest BCUT2D eigenvalue weighted by molar-refractivity contribution is -0.138. The van der Waals surface area contributed by atoms with Crippen LogP contribution < -0.4 is 0 Å². The molecule has 0 aliphatic carbocycles. The first-order valence-electron chi connectivity index (χ1n) is 6.41. The van der Waals surface area contributed by atoms with Gasteiger partial charge in [-0.3, -0.25) is 9.59 Å². The summed E-state index contributed by atoms with van der Waals surface area (Å²) in [6.07, 6.45) is 1.24. The fourth-order valence-corrected chi connectivity index (χ4v) is 2.12. The molecular weight excluding hydrogens is 232 g/mol. The highest BCUT2D eigenvalue weighted by atomic mass is 16.4. The summed E-state index contributed by atoms with van der Waals surface area (Å²) in [4.78, 5) is 21.3. The highest BCUT2D eigenvalue weighted by Crippen LogP contribution is 2.28. The van der Waals surface area contributed by atoms with Gasteiger partial charge in [0.1, 0.15) is 0 Å². The fraction of sp³-hybridized carbons (Fsp3) is 0.714. The normalized spacial score (nSPS) is 12.8. The standard InChI is InChI=1S/C14H24O4/c1-9(2)11(5-7-13(15)16)12(10(3)4)6-8-14(17)18/h9-10H,5-8H2,1-4H3,(H,15,16)(H,17,18). The van der Waals surface area contributed by atoms with Crippen molar-refractivity contribution in [1.82, 2.24) is 0 Å². The Hall–Kier alpha value is -1.32. The number of rotatable bonds is 8. The molecule has 0 atom stereocenters. The van der Waals surface area contributed by atoms with E-state index in [9.17, 15) is 9.59 Å². The first-order valence-corrected chi connectivity index (χ1v) is 6.41. The average molecular weight is 256 g/mol. The van der Waals surface area contributed by atoms with Gasteiger partial charge < -0.3 is 10.2 Å². The Labute approximate surface area is 109 Å². The van der Waals surface area contributed by atoms with Crippen LogP contribution in [0, 0.1) is 11.8 Å². The number of hydrogen-bond acceptors (Lipinski definition) is 2. The molecule has 0 heterocycles. The van der Waals surface area contributed by atoms with Crippen molar-refractivity contribution in [3.8, 4) is 0 Å². The molecule has 0 saturated carbocycles. The predicted octanol–water partition coefficient (Wildman–Crippen LogP) is 3.32. The van der Waals surface area contributed by atoms with Crippen LogP contribution in [-0.4, -0.2) is 22.2 Å². The summed E-state index contributed by atoms with van der Waals surface area (Å²) < 4.78 is 0. The van der Waals surface area contributed by atoms with E-state index in [1.165, 1.54) is 0 Å². The second-order valence-corrected chi connectivity index (χ2v) is 5.15. The number of carboxylic acids is 2. The van der Waals surface area contributed by atoms with Gasteiger partial charge in [0.05, 0.1) is 0 Å². The maximum absolute atomic E-state index is 10.7. The SMILES string of the molecule is CC(C)C(CCC(=O)O)=C(CCC(=O)O)C(C)C. The summed E-state index contributed by atoms with van der Waals surface area (Å²) in [5, 5.41) is 17.5. The number of allylic oxidation sites excluding steroid dienone is 2. The Morgan fingerprint density at radius 1 is 0.722 bits per heavy atom. The van der Waals surface area contributed by atoms with E-state index >= 15 is 0 Å². The van der Waals surface area contributed by atoms with Crippen molar-refractivity contribution >= 4 is 11.9 Å². The van der Waals surface area contributed by atoms with Crippen LogP contribution in [0.5, 0.6) is 0 Å². The van der Waals surface area contributed by atoms with E-state index in [0.717, 1.165) is 11.1 Å². The number of hydrogen-bond donors (Lipinski definition) is 2. The van der Waals surface area contributed by atoms with Gasteiger partial charge in [0, 0.05) is 12.8 Å². The molecule has 0 amide bonds. The molecule has 0 aliphatic rings. The van der Waals surface area contributed by atoms with Gasteiger partial charge in [-0.05, 0) is 24.7 Å². The van der Waals surface area contributed by atoms with E-state index in [-0.39, 0.29) is 24.7 Å². The molecule has 0 aromatic rings. The van der Waals surface area contributed by atoms with Gasteiger partial charge in [0.2, 0.25) is 0 Å². The third kappa shape index (κ3) is 6.42. The Kier molecular flexibility index (Phi) is 7.32. The fourth-order valence-electron chi connectivity index (χ4n) is 2.12. The lowest BCUT2D eigenvalue weighted by Gasteiger charge is -2.21. The Bertz CT molecular complexity index is 295. The first-order chi connectivity index (χ1) is 8.25. The van der Waals surface area contributed by atoms with E-state index < -0.39 is 11.9 Å². The van der Waals surface area contributed by atoms with Crippen LogP contribution in [0.4, 0.5) is 0 Å². The minimum Gasteiger partial charge on any atom is -0.481 e. The minimum atomic E-state index is -0.811. The van der Waals surface area contributed by atoms with Gasteiger partial charge in [0.15, 0.2) is 0 Å². The first kappa shape index (κ1) is 16.7. The third-order valence-electron chi connectivity index (χ3n) is 3.02. The molecule has 0 aromatic heterocycles. The highest BCUT2D eigenvalue weighted by molar-refractivity contribution is 5.67. The Morgan fingerprint density at radius 3 is 1.17 bits per heavy atom. The maximum Gasteiger partial charge on any atom is 0.303 e. The van der Waals surface area contributed by atoms with Gasteiger partial charge in [-0.2, -0.15) is 0 Å². The van der Waals surface area contributed by atoms with Crippen molar-refractivity contribution in [3.63, 3.8) is 0 Å². The van der Waals surface area contributed by atoms with Gasteiger partial charge in [-0.25, -0.2) is 0 Å². The largest absolute Gasteiger partial charge is 0.481 e. The van der Waals surface area contributed by atoms with E-state index in [2.05, 4.69) is 0 Å².